The number of nitrogens with zero attached hydrogens (tertiary/aromatic N) is 1. The van der Waals surface area contributed by atoms with Crippen molar-refractivity contribution in [3.8, 4) is 68.6 Å². The van der Waals surface area contributed by atoms with Gasteiger partial charge in [0.25, 0.3) is 5.91 Å². The fourth-order valence-electron chi connectivity index (χ4n) is 5.86. The van der Waals surface area contributed by atoms with Gasteiger partial charge in [0.05, 0.1) is 60.6 Å². The van der Waals surface area contributed by atoms with E-state index < -0.39 is 6.17 Å². The van der Waals surface area contributed by atoms with Gasteiger partial charge in [-0.15, -0.1) is 0 Å². The van der Waals surface area contributed by atoms with Crippen molar-refractivity contribution >= 4 is 11.6 Å². The van der Waals surface area contributed by atoms with Gasteiger partial charge in [-0.3, -0.25) is 4.79 Å². The summed E-state index contributed by atoms with van der Waals surface area (Å²) in [6.07, 6.45) is 0.686. The number of carbonyl (C=O) groups excluding carboxylic acids is 1. The lowest BCUT2D eigenvalue weighted by Gasteiger charge is -2.28. The highest BCUT2D eigenvalue weighted by molar-refractivity contribution is 6.02. The molecule has 0 saturated heterocycles. The fraction of sp³-hybridized carbons (Fsp3) is 0.250. The number of hydrogen-bond donors (Lipinski definition) is 2. The standard InChI is InChI=1S/C40H41N3O10/c1-23(9-8-16-51-32-15-11-25(18-34(32)47-4)39-41-29-13-12-27(45-2)21-28(29)40(44)42-39)52-35-17-24(10-14-31(35)46-3)33-22-30(43-53-33)26-19-36(48-5)38(50-7)37(20-26)49-6/h10-15,17-22,39,41H,1,8-9,16H2,2-7H3,(H,42,44). The molecule has 1 unspecified atom stereocenters. The van der Waals surface area contributed by atoms with E-state index in [0.29, 0.717) is 93.9 Å². The average molecular weight is 724 g/mol. The number of anilines is 1. The summed E-state index contributed by atoms with van der Waals surface area (Å²) in [6.45, 7) is 4.50. The zero-order valence-corrected chi connectivity index (χ0v) is 30.4. The third-order valence-electron chi connectivity index (χ3n) is 8.60. The van der Waals surface area contributed by atoms with Crippen molar-refractivity contribution in [1.29, 1.82) is 0 Å². The monoisotopic (exact) mass is 723 g/mol. The van der Waals surface area contributed by atoms with Crippen LogP contribution in [0, 0.1) is 0 Å². The van der Waals surface area contributed by atoms with Crippen LogP contribution >= 0.6 is 0 Å². The van der Waals surface area contributed by atoms with Crippen LogP contribution in [0.15, 0.2) is 89.7 Å². The van der Waals surface area contributed by atoms with Gasteiger partial charge in [0.15, 0.2) is 40.3 Å². The van der Waals surface area contributed by atoms with Crippen LogP contribution in [0.5, 0.6) is 46.0 Å². The predicted octanol–water partition coefficient (Wildman–Crippen LogP) is 7.67. The molecule has 1 aromatic heterocycles. The molecule has 0 spiro atoms. The molecule has 0 fully saturated rings. The van der Waals surface area contributed by atoms with Crippen LogP contribution in [0.25, 0.3) is 22.6 Å². The second-order valence-electron chi connectivity index (χ2n) is 11.8. The van der Waals surface area contributed by atoms with Gasteiger partial charge in [0.2, 0.25) is 5.75 Å². The Labute approximate surface area is 307 Å². The van der Waals surface area contributed by atoms with Crippen LogP contribution in [0.3, 0.4) is 0 Å². The molecule has 53 heavy (non-hydrogen) atoms. The van der Waals surface area contributed by atoms with Crippen molar-refractivity contribution in [2.24, 2.45) is 0 Å². The van der Waals surface area contributed by atoms with Crippen molar-refractivity contribution in [2.45, 2.75) is 19.0 Å². The predicted molar refractivity (Wildman–Crippen MR) is 198 cm³/mol. The minimum atomic E-state index is -0.449. The number of amides is 1. The summed E-state index contributed by atoms with van der Waals surface area (Å²) < 4.78 is 50.8. The summed E-state index contributed by atoms with van der Waals surface area (Å²) in [6, 6.07) is 21.8. The number of benzene rings is 4. The van der Waals surface area contributed by atoms with E-state index >= 15 is 0 Å². The van der Waals surface area contributed by atoms with Crippen LogP contribution in [0.2, 0.25) is 0 Å². The van der Waals surface area contributed by atoms with Gasteiger partial charge in [0.1, 0.15) is 17.6 Å². The van der Waals surface area contributed by atoms with Crippen molar-refractivity contribution in [2.75, 3.05) is 54.6 Å². The highest BCUT2D eigenvalue weighted by Gasteiger charge is 2.26. The van der Waals surface area contributed by atoms with E-state index in [1.54, 1.807) is 73.0 Å². The van der Waals surface area contributed by atoms with Gasteiger partial charge in [-0.2, -0.15) is 0 Å². The van der Waals surface area contributed by atoms with E-state index in [1.807, 2.05) is 42.5 Å². The molecule has 1 atom stereocenters. The lowest BCUT2D eigenvalue weighted by Crippen LogP contribution is -2.38. The second kappa shape index (κ2) is 16.2. The summed E-state index contributed by atoms with van der Waals surface area (Å²) in [7, 11) is 9.38. The molecule has 2 N–H and O–H groups in total. The molecule has 13 heteroatoms. The number of allylic oxidation sites excluding steroid dienone is 1. The van der Waals surface area contributed by atoms with Crippen LogP contribution < -0.4 is 48.5 Å². The Morgan fingerprint density at radius 1 is 0.717 bits per heavy atom. The molecule has 5 aromatic rings. The van der Waals surface area contributed by atoms with Crippen molar-refractivity contribution in [3.05, 3.63) is 96.3 Å². The van der Waals surface area contributed by atoms with Gasteiger partial charge < -0.3 is 53.1 Å². The Kier molecular flexibility index (Phi) is 11.1. The topological polar surface area (TPSA) is 141 Å². The Hall–Kier alpha value is -6.50. The Morgan fingerprint density at radius 3 is 2.13 bits per heavy atom. The number of fused-ring (bicyclic) bond motifs is 1. The van der Waals surface area contributed by atoms with Crippen molar-refractivity contribution < 1.29 is 47.2 Å². The first-order chi connectivity index (χ1) is 25.8. The maximum Gasteiger partial charge on any atom is 0.255 e. The van der Waals surface area contributed by atoms with E-state index in [1.165, 1.54) is 0 Å². The highest BCUT2D eigenvalue weighted by atomic mass is 16.5. The van der Waals surface area contributed by atoms with Crippen molar-refractivity contribution in [3.63, 3.8) is 0 Å². The molecule has 0 bridgehead atoms. The third-order valence-corrected chi connectivity index (χ3v) is 8.60. The molecule has 0 radical (unpaired) electrons. The summed E-state index contributed by atoms with van der Waals surface area (Å²) in [5, 5.41) is 10.6. The van der Waals surface area contributed by atoms with Crippen LogP contribution in [0.4, 0.5) is 5.69 Å². The Bertz CT molecular complexity index is 2090. The molecule has 13 nitrogen and oxygen atoms in total. The Morgan fingerprint density at radius 2 is 1.43 bits per heavy atom. The number of ether oxygens (including phenoxy) is 8. The van der Waals surface area contributed by atoms with E-state index in [9.17, 15) is 4.79 Å². The number of aromatic nitrogens is 1. The first kappa shape index (κ1) is 36.3. The number of rotatable bonds is 16. The molecule has 1 amide bonds. The first-order valence-corrected chi connectivity index (χ1v) is 16.7. The largest absolute Gasteiger partial charge is 0.497 e. The van der Waals surface area contributed by atoms with Gasteiger partial charge in [-0.25, -0.2) is 0 Å². The van der Waals surface area contributed by atoms with E-state index in [0.717, 1.165) is 16.7 Å². The quantitative estimate of drug-likeness (QED) is 0.0763. The zero-order chi connectivity index (χ0) is 37.5. The molecule has 276 valence electrons. The second-order valence-corrected chi connectivity index (χ2v) is 11.8. The molecule has 2 heterocycles. The maximum atomic E-state index is 12.8. The van der Waals surface area contributed by atoms with E-state index in [-0.39, 0.29) is 5.91 Å². The van der Waals surface area contributed by atoms with Gasteiger partial charge in [-0.1, -0.05) is 17.8 Å². The highest BCUT2D eigenvalue weighted by Crippen LogP contribution is 2.42. The fourth-order valence-corrected chi connectivity index (χ4v) is 5.86. The summed E-state index contributed by atoms with van der Waals surface area (Å²) >= 11 is 0. The summed E-state index contributed by atoms with van der Waals surface area (Å²) in [5.74, 6) is 5.07. The molecule has 1 aliphatic heterocycles. The SMILES string of the molecule is C=C(CCCOc1ccc(C2NC(=O)c3cc(OC)ccc3N2)cc1OC)Oc1cc(-c2cc(-c3cc(OC)c(OC)c(OC)c3)no2)ccc1OC. The lowest BCUT2D eigenvalue weighted by atomic mass is 10.0. The Balaban J connectivity index is 1.06. The smallest absolute Gasteiger partial charge is 0.255 e. The van der Waals surface area contributed by atoms with Crippen LogP contribution in [-0.2, 0) is 0 Å². The normalized spacial score (nSPS) is 13.2. The maximum absolute atomic E-state index is 12.8. The molecule has 1 aliphatic rings. The minimum absolute atomic E-state index is 0.201. The van der Waals surface area contributed by atoms with Crippen LogP contribution in [0.1, 0.15) is 34.9 Å². The van der Waals surface area contributed by atoms with Crippen molar-refractivity contribution in [1.82, 2.24) is 10.5 Å². The molecule has 0 saturated carbocycles. The number of carbonyl (C=O) groups is 1. The number of nitrogens with one attached hydrogen (secondary N) is 2. The first-order valence-electron chi connectivity index (χ1n) is 16.7. The molecule has 0 aliphatic carbocycles. The summed E-state index contributed by atoms with van der Waals surface area (Å²) in [5.41, 5.74) is 4.08. The number of methoxy groups -OCH3 is 6. The third kappa shape index (κ3) is 7.88. The zero-order valence-electron chi connectivity index (χ0n) is 30.4. The van der Waals surface area contributed by atoms with Gasteiger partial charge in [-0.05, 0) is 72.6 Å². The average Bonchev–Trinajstić information content (AvgIpc) is 3.69. The molecule has 6 rings (SSSR count). The lowest BCUT2D eigenvalue weighted by molar-refractivity contribution is 0.0935. The van der Waals surface area contributed by atoms with Crippen LogP contribution in [-0.4, -0.2) is 60.3 Å². The number of hydrogen-bond acceptors (Lipinski definition) is 12. The summed E-state index contributed by atoms with van der Waals surface area (Å²) in [4.78, 5) is 12.8. The molecule has 4 aromatic carbocycles. The van der Waals surface area contributed by atoms with E-state index in [2.05, 4.69) is 22.4 Å². The minimum Gasteiger partial charge on any atom is -0.497 e. The van der Waals surface area contributed by atoms with Gasteiger partial charge >= 0.3 is 0 Å². The molecular formula is C40H41N3O10. The van der Waals surface area contributed by atoms with Gasteiger partial charge in [0, 0.05) is 29.3 Å². The molecular weight excluding hydrogens is 682 g/mol. The van der Waals surface area contributed by atoms with E-state index in [4.69, 9.17) is 42.4 Å².